The Bertz CT molecular complexity index is 557. The van der Waals surface area contributed by atoms with E-state index in [1.54, 1.807) is 30.6 Å². The lowest BCUT2D eigenvalue weighted by atomic mass is 10.2. The smallest absolute Gasteiger partial charge is 0.251 e. The average molecular weight is 306 g/mol. The van der Waals surface area contributed by atoms with Crippen molar-refractivity contribution in [2.45, 2.75) is 6.54 Å². The molecule has 3 N–H and O–H groups in total. The molecule has 1 aromatic heterocycles. The fourth-order valence-corrected chi connectivity index (χ4v) is 1.83. The molecular weight excluding hydrogens is 294 g/mol. The van der Waals surface area contributed by atoms with Crippen molar-refractivity contribution < 1.29 is 4.79 Å². The van der Waals surface area contributed by atoms with Gasteiger partial charge in [-0.1, -0.05) is 6.07 Å². The fraction of sp³-hybridized carbons (Fsp3) is 0.0769. The summed E-state index contributed by atoms with van der Waals surface area (Å²) in [5.74, 6) is -0.139. The number of halogens is 1. The maximum absolute atomic E-state index is 11.9. The van der Waals surface area contributed by atoms with Gasteiger partial charge in [0.25, 0.3) is 5.91 Å². The summed E-state index contributed by atoms with van der Waals surface area (Å²) in [6.45, 7) is 0.453. The van der Waals surface area contributed by atoms with E-state index in [9.17, 15) is 4.79 Å². The van der Waals surface area contributed by atoms with E-state index in [4.69, 9.17) is 5.73 Å². The number of carbonyl (C=O) groups is 1. The molecule has 0 fully saturated rings. The van der Waals surface area contributed by atoms with Crippen molar-refractivity contribution >= 4 is 27.5 Å². The summed E-state index contributed by atoms with van der Waals surface area (Å²) >= 11 is 3.30. The van der Waals surface area contributed by atoms with E-state index in [-0.39, 0.29) is 5.91 Å². The number of carbonyl (C=O) groups excluding carboxylic acids is 1. The standard InChI is InChI=1S/C13H12BrN3O/c14-11-6-10(3-4-12(11)15)13(18)17-8-9-2-1-5-16-7-9/h1-7H,8,15H2,(H,17,18). The number of hydrogen-bond acceptors (Lipinski definition) is 3. The summed E-state index contributed by atoms with van der Waals surface area (Å²) in [7, 11) is 0. The van der Waals surface area contributed by atoms with Crippen LogP contribution in [-0.4, -0.2) is 10.9 Å². The van der Waals surface area contributed by atoms with E-state index in [1.807, 2.05) is 12.1 Å². The van der Waals surface area contributed by atoms with Crippen LogP contribution >= 0.6 is 15.9 Å². The second kappa shape index (κ2) is 5.64. The Morgan fingerprint density at radius 3 is 2.89 bits per heavy atom. The Labute approximate surface area is 113 Å². The lowest BCUT2D eigenvalue weighted by Crippen LogP contribution is -2.22. The predicted octanol–water partition coefficient (Wildman–Crippen LogP) is 2.36. The monoisotopic (exact) mass is 305 g/mol. The number of nitrogen functional groups attached to an aromatic ring is 1. The Hall–Kier alpha value is -1.88. The number of aromatic nitrogens is 1. The minimum Gasteiger partial charge on any atom is -0.398 e. The first-order chi connectivity index (χ1) is 8.66. The molecular formula is C13H12BrN3O. The SMILES string of the molecule is Nc1ccc(C(=O)NCc2cccnc2)cc1Br. The molecule has 0 radical (unpaired) electrons. The second-order valence-corrected chi connectivity index (χ2v) is 4.63. The molecule has 0 unspecified atom stereocenters. The van der Waals surface area contributed by atoms with Gasteiger partial charge in [0, 0.05) is 34.7 Å². The lowest BCUT2D eigenvalue weighted by Gasteiger charge is -2.06. The molecule has 5 heteroatoms. The maximum Gasteiger partial charge on any atom is 0.251 e. The van der Waals surface area contributed by atoms with E-state index in [0.29, 0.717) is 17.8 Å². The highest BCUT2D eigenvalue weighted by Gasteiger charge is 2.07. The van der Waals surface area contributed by atoms with E-state index < -0.39 is 0 Å². The summed E-state index contributed by atoms with van der Waals surface area (Å²) in [6, 6.07) is 8.84. The molecule has 0 aliphatic rings. The number of rotatable bonds is 3. The van der Waals surface area contributed by atoms with Gasteiger partial charge in [0.15, 0.2) is 0 Å². The zero-order valence-electron chi connectivity index (χ0n) is 9.56. The number of pyridine rings is 1. The molecule has 0 spiro atoms. The molecule has 2 aromatic rings. The zero-order chi connectivity index (χ0) is 13.0. The highest BCUT2D eigenvalue weighted by Crippen LogP contribution is 2.20. The molecule has 0 aliphatic carbocycles. The number of nitrogens with one attached hydrogen (secondary N) is 1. The lowest BCUT2D eigenvalue weighted by molar-refractivity contribution is 0.0951. The molecule has 1 aromatic carbocycles. The second-order valence-electron chi connectivity index (χ2n) is 3.78. The van der Waals surface area contributed by atoms with Crippen molar-refractivity contribution in [2.24, 2.45) is 0 Å². The van der Waals surface area contributed by atoms with Crippen molar-refractivity contribution in [3.63, 3.8) is 0 Å². The van der Waals surface area contributed by atoms with Crippen LogP contribution in [0, 0.1) is 0 Å². The first-order valence-corrected chi connectivity index (χ1v) is 6.18. The van der Waals surface area contributed by atoms with Crippen molar-refractivity contribution in [3.8, 4) is 0 Å². The van der Waals surface area contributed by atoms with Crippen molar-refractivity contribution in [3.05, 3.63) is 58.3 Å². The van der Waals surface area contributed by atoms with Crippen LogP contribution in [0.3, 0.4) is 0 Å². The highest BCUT2D eigenvalue weighted by molar-refractivity contribution is 9.10. The largest absolute Gasteiger partial charge is 0.398 e. The number of nitrogens with zero attached hydrogens (tertiary/aromatic N) is 1. The molecule has 0 aliphatic heterocycles. The molecule has 1 amide bonds. The van der Waals surface area contributed by atoms with Gasteiger partial charge in [0.2, 0.25) is 0 Å². The molecule has 1 heterocycles. The molecule has 92 valence electrons. The van der Waals surface area contributed by atoms with Crippen molar-refractivity contribution in [2.75, 3.05) is 5.73 Å². The van der Waals surface area contributed by atoms with E-state index >= 15 is 0 Å². The summed E-state index contributed by atoms with van der Waals surface area (Å²) < 4.78 is 0.719. The van der Waals surface area contributed by atoms with Crippen LogP contribution in [0.15, 0.2) is 47.2 Å². The summed E-state index contributed by atoms with van der Waals surface area (Å²) in [4.78, 5) is 15.9. The first kappa shape index (κ1) is 12.6. The summed E-state index contributed by atoms with van der Waals surface area (Å²) in [5.41, 5.74) is 7.81. The van der Waals surface area contributed by atoms with Gasteiger partial charge in [0.05, 0.1) is 0 Å². The van der Waals surface area contributed by atoms with Crippen LogP contribution in [-0.2, 0) is 6.54 Å². The van der Waals surface area contributed by atoms with Crippen LogP contribution < -0.4 is 11.1 Å². The van der Waals surface area contributed by atoms with Gasteiger partial charge in [-0.25, -0.2) is 0 Å². The van der Waals surface area contributed by atoms with Crippen LogP contribution in [0.4, 0.5) is 5.69 Å². The molecule has 2 rings (SSSR count). The number of amides is 1. The van der Waals surface area contributed by atoms with E-state index in [1.165, 1.54) is 0 Å². The Morgan fingerprint density at radius 2 is 2.22 bits per heavy atom. The van der Waals surface area contributed by atoms with Crippen LogP contribution in [0.25, 0.3) is 0 Å². The van der Waals surface area contributed by atoms with Crippen LogP contribution in [0.1, 0.15) is 15.9 Å². The fourth-order valence-electron chi connectivity index (χ4n) is 1.46. The van der Waals surface area contributed by atoms with Gasteiger partial charge in [0.1, 0.15) is 0 Å². The number of anilines is 1. The van der Waals surface area contributed by atoms with Gasteiger partial charge in [-0.15, -0.1) is 0 Å². The number of nitrogens with two attached hydrogens (primary N) is 1. The maximum atomic E-state index is 11.9. The quantitative estimate of drug-likeness (QED) is 0.855. The van der Waals surface area contributed by atoms with E-state index in [0.717, 1.165) is 10.0 Å². The number of hydrogen-bond donors (Lipinski definition) is 2. The van der Waals surface area contributed by atoms with Gasteiger partial charge in [-0.2, -0.15) is 0 Å². The van der Waals surface area contributed by atoms with Gasteiger partial charge in [-0.05, 0) is 45.8 Å². The molecule has 0 bridgehead atoms. The first-order valence-electron chi connectivity index (χ1n) is 5.39. The minimum atomic E-state index is -0.139. The van der Waals surface area contributed by atoms with Crippen molar-refractivity contribution in [1.82, 2.24) is 10.3 Å². The molecule has 4 nitrogen and oxygen atoms in total. The van der Waals surface area contributed by atoms with E-state index in [2.05, 4.69) is 26.2 Å². The van der Waals surface area contributed by atoms with Gasteiger partial charge in [-0.3, -0.25) is 9.78 Å². The van der Waals surface area contributed by atoms with Crippen LogP contribution in [0.2, 0.25) is 0 Å². The third-order valence-electron chi connectivity index (χ3n) is 2.44. The molecule has 18 heavy (non-hydrogen) atoms. The zero-order valence-corrected chi connectivity index (χ0v) is 11.1. The van der Waals surface area contributed by atoms with Crippen LogP contribution in [0.5, 0.6) is 0 Å². The Morgan fingerprint density at radius 1 is 1.39 bits per heavy atom. The molecule has 0 atom stereocenters. The van der Waals surface area contributed by atoms with Gasteiger partial charge < -0.3 is 11.1 Å². The molecule has 0 saturated heterocycles. The third-order valence-corrected chi connectivity index (χ3v) is 3.13. The minimum absolute atomic E-state index is 0.139. The normalized spacial score (nSPS) is 10.1. The summed E-state index contributed by atoms with van der Waals surface area (Å²) in [5, 5.41) is 2.82. The topological polar surface area (TPSA) is 68.0 Å². The highest BCUT2D eigenvalue weighted by atomic mass is 79.9. The summed E-state index contributed by atoms with van der Waals surface area (Å²) in [6.07, 6.45) is 3.42. The van der Waals surface area contributed by atoms with Gasteiger partial charge >= 0.3 is 0 Å². The number of benzene rings is 1. The van der Waals surface area contributed by atoms with Crippen molar-refractivity contribution in [1.29, 1.82) is 0 Å². The molecule has 0 saturated carbocycles. The average Bonchev–Trinajstić information content (AvgIpc) is 2.40. The Kier molecular flexibility index (Phi) is 3.94. The predicted molar refractivity (Wildman–Crippen MR) is 74.0 cm³/mol. The third kappa shape index (κ3) is 3.07. The Balaban J connectivity index is 2.02.